The molecule has 0 unspecified atom stereocenters. The standard InChI is InChI=1S/C26H26N6O/c33-26(31-15-13-20(14-16-31)25-27-24(28-29-25)19-11-12-19)22-17-32(21-9-5-2-6-10-21)30-23(22)18-7-3-1-4-8-18/h1-10,17,19-20H,11-16H2,(H,27,28,29). The predicted molar refractivity (Wildman–Crippen MR) is 125 cm³/mol. The lowest BCUT2D eigenvalue weighted by Crippen LogP contribution is -2.38. The van der Waals surface area contributed by atoms with Gasteiger partial charge in [-0.25, -0.2) is 9.67 Å². The highest BCUT2D eigenvalue weighted by Crippen LogP contribution is 2.38. The molecule has 0 radical (unpaired) electrons. The number of para-hydroxylation sites is 1. The van der Waals surface area contributed by atoms with Gasteiger partial charge in [-0.2, -0.15) is 10.2 Å². The summed E-state index contributed by atoms with van der Waals surface area (Å²) in [6.45, 7) is 1.40. The summed E-state index contributed by atoms with van der Waals surface area (Å²) in [5, 5.41) is 12.4. The number of nitrogens with zero attached hydrogens (tertiary/aromatic N) is 5. The first-order chi connectivity index (χ1) is 16.3. The number of H-pyrrole nitrogens is 1. The average molecular weight is 439 g/mol. The minimum atomic E-state index is 0.0331. The molecule has 7 nitrogen and oxygen atoms in total. The summed E-state index contributed by atoms with van der Waals surface area (Å²) in [6, 6.07) is 19.8. The molecule has 33 heavy (non-hydrogen) atoms. The van der Waals surface area contributed by atoms with Crippen LogP contribution in [0.2, 0.25) is 0 Å². The number of nitrogens with one attached hydrogen (secondary N) is 1. The molecule has 2 aromatic carbocycles. The van der Waals surface area contributed by atoms with Gasteiger partial charge in [-0.15, -0.1) is 0 Å². The number of hydrogen-bond acceptors (Lipinski definition) is 4. The summed E-state index contributed by atoms with van der Waals surface area (Å²) in [7, 11) is 0. The van der Waals surface area contributed by atoms with Crippen LogP contribution in [0.4, 0.5) is 0 Å². The van der Waals surface area contributed by atoms with Gasteiger partial charge in [0.25, 0.3) is 5.91 Å². The molecule has 1 saturated heterocycles. The van der Waals surface area contributed by atoms with E-state index in [0.717, 1.165) is 41.4 Å². The van der Waals surface area contributed by atoms with E-state index in [-0.39, 0.29) is 5.91 Å². The van der Waals surface area contributed by atoms with Crippen molar-refractivity contribution in [1.29, 1.82) is 0 Å². The molecule has 7 heteroatoms. The second-order valence-electron chi connectivity index (χ2n) is 8.96. The lowest BCUT2D eigenvalue weighted by molar-refractivity contribution is 0.0712. The summed E-state index contributed by atoms with van der Waals surface area (Å²) >= 11 is 0. The average Bonchev–Trinajstić information content (AvgIpc) is 3.44. The van der Waals surface area contributed by atoms with Crippen LogP contribution in [-0.2, 0) is 0 Å². The van der Waals surface area contributed by atoms with Crippen LogP contribution in [0, 0.1) is 0 Å². The number of likely N-dealkylation sites (tertiary alicyclic amines) is 1. The normalized spacial score (nSPS) is 16.8. The molecule has 2 fully saturated rings. The SMILES string of the molecule is O=C(c1cn(-c2ccccc2)nc1-c1ccccc1)N1CCC(c2nc(C3CC3)n[nH]2)CC1. The van der Waals surface area contributed by atoms with Crippen molar-refractivity contribution in [2.45, 2.75) is 37.5 Å². The van der Waals surface area contributed by atoms with Gasteiger partial charge in [0.2, 0.25) is 0 Å². The zero-order chi connectivity index (χ0) is 22.2. The number of benzene rings is 2. The van der Waals surface area contributed by atoms with Crippen LogP contribution in [0.1, 0.15) is 59.5 Å². The van der Waals surface area contributed by atoms with E-state index in [2.05, 4.69) is 10.2 Å². The molecule has 4 aromatic rings. The fourth-order valence-corrected chi connectivity index (χ4v) is 4.57. The molecular weight excluding hydrogens is 412 g/mol. The largest absolute Gasteiger partial charge is 0.338 e. The molecule has 1 aliphatic heterocycles. The van der Waals surface area contributed by atoms with Crippen molar-refractivity contribution < 1.29 is 4.79 Å². The molecule has 2 aromatic heterocycles. The highest BCUT2D eigenvalue weighted by atomic mass is 16.2. The Bertz CT molecular complexity index is 1250. The maximum absolute atomic E-state index is 13.6. The molecular formula is C26H26N6O. The Labute approximate surface area is 192 Å². The molecule has 0 spiro atoms. The number of hydrogen-bond donors (Lipinski definition) is 1. The number of aromatic amines is 1. The van der Waals surface area contributed by atoms with Crippen molar-refractivity contribution in [3.63, 3.8) is 0 Å². The molecule has 3 heterocycles. The molecule has 1 amide bonds. The topological polar surface area (TPSA) is 79.7 Å². The number of piperidine rings is 1. The fourth-order valence-electron chi connectivity index (χ4n) is 4.57. The zero-order valence-corrected chi connectivity index (χ0v) is 18.4. The summed E-state index contributed by atoms with van der Waals surface area (Å²) in [5.41, 5.74) is 3.24. The quantitative estimate of drug-likeness (QED) is 0.496. The molecule has 2 aliphatic rings. The van der Waals surface area contributed by atoms with Gasteiger partial charge in [0, 0.05) is 36.7 Å². The van der Waals surface area contributed by atoms with Crippen LogP contribution >= 0.6 is 0 Å². The van der Waals surface area contributed by atoms with E-state index in [4.69, 9.17) is 10.1 Å². The molecule has 0 atom stereocenters. The van der Waals surface area contributed by atoms with Crippen molar-refractivity contribution in [3.8, 4) is 16.9 Å². The van der Waals surface area contributed by atoms with E-state index in [1.165, 1.54) is 12.8 Å². The van der Waals surface area contributed by atoms with Gasteiger partial charge >= 0.3 is 0 Å². The van der Waals surface area contributed by atoms with Gasteiger partial charge in [0.1, 0.15) is 11.5 Å². The number of aromatic nitrogens is 5. The van der Waals surface area contributed by atoms with Crippen LogP contribution in [-0.4, -0.2) is 48.9 Å². The Balaban J connectivity index is 1.24. The highest BCUT2D eigenvalue weighted by Gasteiger charge is 2.32. The van der Waals surface area contributed by atoms with Gasteiger partial charge in [0.15, 0.2) is 5.82 Å². The lowest BCUT2D eigenvalue weighted by atomic mass is 9.95. The van der Waals surface area contributed by atoms with Crippen LogP contribution in [0.25, 0.3) is 16.9 Å². The van der Waals surface area contributed by atoms with E-state index in [0.29, 0.717) is 30.5 Å². The van der Waals surface area contributed by atoms with Gasteiger partial charge in [0.05, 0.1) is 11.3 Å². The Morgan fingerprint density at radius 3 is 2.27 bits per heavy atom. The first kappa shape index (κ1) is 19.9. The zero-order valence-electron chi connectivity index (χ0n) is 18.4. The van der Waals surface area contributed by atoms with Gasteiger partial charge < -0.3 is 4.90 Å². The van der Waals surface area contributed by atoms with Crippen molar-refractivity contribution in [2.75, 3.05) is 13.1 Å². The summed E-state index contributed by atoms with van der Waals surface area (Å²) < 4.78 is 1.80. The summed E-state index contributed by atoms with van der Waals surface area (Å²) in [6.07, 6.45) is 6.04. The number of carbonyl (C=O) groups excluding carboxylic acids is 1. The second kappa shape index (κ2) is 8.31. The minimum absolute atomic E-state index is 0.0331. The maximum Gasteiger partial charge on any atom is 0.257 e. The van der Waals surface area contributed by atoms with Crippen LogP contribution in [0.3, 0.4) is 0 Å². The molecule has 6 rings (SSSR count). The lowest BCUT2D eigenvalue weighted by Gasteiger charge is -2.31. The molecule has 0 bridgehead atoms. The van der Waals surface area contributed by atoms with Crippen molar-refractivity contribution in [2.24, 2.45) is 0 Å². The fraction of sp³-hybridized carbons (Fsp3) is 0.308. The van der Waals surface area contributed by atoms with Gasteiger partial charge in [-0.3, -0.25) is 9.89 Å². The van der Waals surface area contributed by atoms with Crippen molar-refractivity contribution in [3.05, 3.63) is 84.1 Å². The number of carbonyl (C=O) groups is 1. The third kappa shape index (κ3) is 3.95. The van der Waals surface area contributed by atoms with Crippen LogP contribution in [0.15, 0.2) is 66.9 Å². The Kier molecular flexibility index (Phi) is 5.02. The summed E-state index contributed by atoms with van der Waals surface area (Å²) in [5.74, 6) is 2.85. The smallest absolute Gasteiger partial charge is 0.257 e. The Hall–Kier alpha value is -3.74. The van der Waals surface area contributed by atoms with Crippen molar-refractivity contribution in [1.82, 2.24) is 29.9 Å². The van der Waals surface area contributed by atoms with E-state index in [1.807, 2.05) is 71.8 Å². The highest BCUT2D eigenvalue weighted by molar-refractivity contribution is 6.00. The predicted octanol–water partition coefficient (Wildman–Crippen LogP) is 4.55. The minimum Gasteiger partial charge on any atom is -0.338 e. The molecule has 1 N–H and O–H groups in total. The maximum atomic E-state index is 13.6. The van der Waals surface area contributed by atoms with Gasteiger partial charge in [-0.05, 0) is 37.8 Å². The Morgan fingerprint density at radius 2 is 1.58 bits per heavy atom. The number of amides is 1. The first-order valence-corrected chi connectivity index (χ1v) is 11.7. The van der Waals surface area contributed by atoms with Gasteiger partial charge in [-0.1, -0.05) is 48.5 Å². The van der Waals surface area contributed by atoms with Crippen molar-refractivity contribution >= 4 is 5.91 Å². The van der Waals surface area contributed by atoms with E-state index in [9.17, 15) is 4.79 Å². The third-order valence-electron chi connectivity index (χ3n) is 6.64. The molecule has 1 aliphatic carbocycles. The number of rotatable bonds is 5. The van der Waals surface area contributed by atoms with Crippen LogP contribution < -0.4 is 0 Å². The second-order valence-corrected chi connectivity index (χ2v) is 8.96. The van der Waals surface area contributed by atoms with E-state index < -0.39 is 0 Å². The molecule has 166 valence electrons. The van der Waals surface area contributed by atoms with E-state index >= 15 is 0 Å². The first-order valence-electron chi connectivity index (χ1n) is 11.7. The van der Waals surface area contributed by atoms with E-state index in [1.54, 1.807) is 4.68 Å². The Morgan fingerprint density at radius 1 is 0.879 bits per heavy atom. The van der Waals surface area contributed by atoms with Crippen LogP contribution in [0.5, 0.6) is 0 Å². The third-order valence-corrected chi connectivity index (χ3v) is 6.64. The summed E-state index contributed by atoms with van der Waals surface area (Å²) in [4.78, 5) is 20.3. The molecule has 1 saturated carbocycles. The monoisotopic (exact) mass is 438 g/mol.